The Hall–Kier alpha value is -0.530. The van der Waals surface area contributed by atoms with E-state index in [9.17, 15) is 4.79 Å². The molecule has 0 amide bonds. The van der Waals surface area contributed by atoms with E-state index in [0.717, 1.165) is 12.8 Å². The number of carboxylic acids is 1. The molecule has 0 aromatic heterocycles. The highest BCUT2D eigenvalue weighted by Gasteiger charge is 1.98. The Balaban J connectivity index is 3.00. The fraction of sp³-hybridized carbons (Fsp3) is 0.967. The van der Waals surface area contributed by atoms with E-state index in [4.69, 9.17) is 5.11 Å². The van der Waals surface area contributed by atoms with Crippen LogP contribution >= 0.6 is 0 Å². The van der Waals surface area contributed by atoms with Gasteiger partial charge in [0.15, 0.2) is 0 Å². The third kappa shape index (κ3) is 29.5. The maximum atomic E-state index is 10.4. The first-order valence-corrected chi connectivity index (χ1v) is 15.0. The van der Waals surface area contributed by atoms with Gasteiger partial charge in [0.2, 0.25) is 0 Å². The number of unbranched alkanes of at least 4 members (excludes halogenated alkanes) is 26. The largest absolute Gasteiger partial charge is 0.481 e. The summed E-state index contributed by atoms with van der Waals surface area (Å²) in [6, 6.07) is 0. The van der Waals surface area contributed by atoms with Crippen molar-refractivity contribution in [3.63, 3.8) is 0 Å². The lowest BCUT2D eigenvalue weighted by Crippen LogP contribution is -1.93. The summed E-state index contributed by atoms with van der Waals surface area (Å²) in [5, 5.41) is 8.61. The van der Waals surface area contributed by atoms with Crippen molar-refractivity contribution >= 4 is 5.97 Å². The van der Waals surface area contributed by atoms with Crippen molar-refractivity contribution in [2.45, 2.75) is 187 Å². The second-order valence-corrected chi connectivity index (χ2v) is 10.3. The predicted molar refractivity (Wildman–Crippen MR) is 143 cm³/mol. The van der Waals surface area contributed by atoms with E-state index in [-0.39, 0.29) is 0 Å². The zero-order valence-electron chi connectivity index (χ0n) is 22.2. The second-order valence-electron chi connectivity index (χ2n) is 10.3. The van der Waals surface area contributed by atoms with Gasteiger partial charge in [-0.05, 0) is 6.42 Å². The average Bonchev–Trinajstić information content (AvgIpc) is 2.78. The lowest BCUT2D eigenvalue weighted by atomic mass is 10.0. The summed E-state index contributed by atoms with van der Waals surface area (Å²) in [5.74, 6) is -0.649. The molecule has 2 nitrogen and oxygen atoms in total. The molecule has 2 heteroatoms. The van der Waals surface area contributed by atoms with Crippen molar-refractivity contribution in [3.8, 4) is 0 Å². The number of aliphatic carboxylic acids is 1. The SMILES string of the molecule is CCCCCCCCCCCCCCCCCCCCCCCCCCCCCC(=O)O. The molecule has 0 radical (unpaired) electrons. The molecule has 32 heavy (non-hydrogen) atoms. The molecule has 0 atom stereocenters. The van der Waals surface area contributed by atoms with Crippen molar-refractivity contribution in [2.75, 3.05) is 0 Å². The third-order valence-electron chi connectivity index (χ3n) is 6.99. The Morgan fingerprint density at radius 3 is 0.750 bits per heavy atom. The van der Waals surface area contributed by atoms with Gasteiger partial charge in [-0.1, -0.05) is 174 Å². The highest BCUT2D eigenvalue weighted by molar-refractivity contribution is 5.66. The van der Waals surface area contributed by atoms with Crippen molar-refractivity contribution in [3.05, 3.63) is 0 Å². The minimum Gasteiger partial charge on any atom is -0.481 e. The molecule has 0 unspecified atom stereocenters. The Kier molecular flexibility index (Phi) is 28.0. The van der Waals surface area contributed by atoms with Crippen LogP contribution in [-0.4, -0.2) is 11.1 Å². The molecule has 0 aromatic carbocycles. The topological polar surface area (TPSA) is 37.3 Å². The van der Waals surface area contributed by atoms with Crippen LogP contribution in [0.4, 0.5) is 0 Å². The van der Waals surface area contributed by atoms with E-state index < -0.39 is 5.97 Å². The van der Waals surface area contributed by atoms with Gasteiger partial charge in [0, 0.05) is 6.42 Å². The van der Waals surface area contributed by atoms with Crippen LogP contribution in [0, 0.1) is 0 Å². The maximum absolute atomic E-state index is 10.4. The Morgan fingerprint density at radius 2 is 0.562 bits per heavy atom. The van der Waals surface area contributed by atoms with Gasteiger partial charge in [-0.3, -0.25) is 4.79 Å². The van der Waals surface area contributed by atoms with Crippen LogP contribution in [0.25, 0.3) is 0 Å². The zero-order chi connectivity index (χ0) is 23.4. The molecule has 1 N–H and O–H groups in total. The quantitative estimate of drug-likeness (QED) is 0.120. The van der Waals surface area contributed by atoms with Gasteiger partial charge >= 0.3 is 5.97 Å². The van der Waals surface area contributed by atoms with Crippen molar-refractivity contribution in [2.24, 2.45) is 0 Å². The van der Waals surface area contributed by atoms with Gasteiger partial charge in [-0.15, -0.1) is 0 Å². The van der Waals surface area contributed by atoms with Crippen molar-refractivity contribution in [1.29, 1.82) is 0 Å². The van der Waals surface area contributed by atoms with Crippen LogP contribution in [-0.2, 0) is 4.79 Å². The highest BCUT2D eigenvalue weighted by Crippen LogP contribution is 2.16. The molecular formula is C30H60O2. The number of hydrogen-bond donors (Lipinski definition) is 1. The minimum atomic E-state index is -0.649. The summed E-state index contributed by atoms with van der Waals surface area (Å²) in [6.45, 7) is 2.30. The number of carbonyl (C=O) groups is 1. The molecule has 0 aliphatic heterocycles. The molecule has 0 bridgehead atoms. The Bertz CT molecular complexity index is 353. The summed E-state index contributed by atoms with van der Waals surface area (Å²) >= 11 is 0. The monoisotopic (exact) mass is 452 g/mol. The molecular weight excluding hydrogens is 392 g/mol. The molecule has 0 aromatic rings. The fourth-order valence-electron chi connectivity index (χ4n) is 4.77. The van der Waals surface area contributed by atoms with Crippen molar-refractivity contribution < 1.29 is 9.90 Å². The molecule has 192 valence electrons. The Labute approximate surface area is 202 Å². The van der Waals surface area contributed by atoms with Crippen LogP contribution in [0.3, 0.4) is 0 Å². The fourth-order valence-corrected chi connectivity index (χ4v) is 4.77. The van der Waals surface area contributed by atoms with E-state index in [1.54, 1.807) is 0 Å². The maximum Gasteiger partial charge on any atom is 0.303 e. The number of carboxylic acid groups (broad SMARTS) is 1. The molecule has 0 heterocycles. The van der Waals surface area contributed by atoms with Crippen LogP contribution < -0.4 is 0 Å². The summed E-state index contributed by atoms with van der Waals surface area (Å²) in [7, 11) is 0. The van der Waals surface area contributed by atoms with Gasteiger partial charge in [0.25, 0.3) is 0 Å². The van der Waals surface area contributed by atoms with Crippen LogP contribution in [0.1, 0.15) is 187 Å². The van der Waals surface area contributed by atoms with Crippen LogP contribution in [0.15, 0.2) is 0 Å². The molecule has 0 spiro atoms. The summed E-state index contributed by atoms with van der Waals surface area (Å²) < 4.78 is 0. The minimum absolute atomic E-state index is 0.347. The third-order valence-corrected chi connectivity index (χ3v) is 6.99. The lowest BCUT2D eigenvalue weighted by molar-refractivity contribution is -0.137. The average molecular weight is 453 g/mol. The van der Waals surface area contributed by atoms with Crippen LogP contribution in [0.2, 0.25) is 0 Å². The van der Waals surface area contributed by atoms with Crippen molar-refractivity contribution in [1.82, 2.24) is 0 Å². The second kappa shape index (κ2) is 28.5. The van der Waals surface area contributed by atoms with Gasteiger partial charge in [-0.2, -0.15) is 0 Å². The first-order valence-electron chi connectivity index (χ1n) is 15.0. The summed E-state index contributed by atoms with van der Waals surface area (Å²) in [6.07, 6.45) is 38.0. The van der Waals surface area contributed by atoms with Gasteiger partial charge < -0.3 is 5.11 Å². The Morgan fingerprint density at radius 1 is 0.375 bits per heavy atom. The highest BCUT2D eigenvalue weighted by atomic mass is 16.4. The van der Waals surface area contributed by atoms with Gasteiger partial charge in [0.1, 0.15) is 0 Å². The van der Waals surface area contributed by atoms with E-state index >= 15 is 0 Å². The van der Waals surface area contributed by atoms with Gasteiger partial charge in [0.05, 0.1) is 0 Å². The predicted octanol–water partition coefficient (Wildman–Crippen LogP) is 11.0. The zero-order valence-corrected chi connectivity index (χ0v) is 22.2. The van der Waals surface area contributed by atoms with E-state index in [2.05, 4.69) is 6.92 Å². The summed E-state index contributed by atoms with van der Waals surface area (Å²) in [5.41, 5.74) is 0. The molecule has 0 aliphatic rings. The number of rotatable bonds is 28. The lowest BCUT2D eigenvalue weighted by Gasteiger charge is -2.04. The number of hydrogen-bond acceptors (Lipinski definition) is 1. The summed E-state index contributed by atoms with van der Waals surface area (Å²) in [4.78, 5) is 10.4. The van der Waals surface area contributed by atoms with E-state index in [1.165, 1.54) is 161 Å². The molecule has 0 fully saturated rings. The van der Waals surface area contributed by atoms with E-state index in [0.29, 0.717) is 6.42 Å². The first kappa shape index (κ1) is 31.5. The van der Waals surface area contributed by atoms with Gasteiger partial charge in [-0.25, -0.2) is 0 Å². The molecule has 0 saturated heterocycles. The smallest absolute Gasteiger partial charge is 0.303 e. The first-order chi connectivity index (χ1) is 15.8. The normalized spacial score (nSPS) is 11.3. The molecule has 0 saturated carbocycles. The van der Waals surface area contributed by atoms with Crippen LogP contribution in [0.5, 0.6) is 0 Å². The molecule has 0 rings (SSSR count). The van der Waals surface area contributed by atoms with E-state index in [1.807, 2.05) is 0 Å². The standard InChI is InChI=1S/C30H60O2/c1-2-3-4-5-6-7-8-9-10-11-12-13-14-15-16-17-18-19-20-21-22-23-24-25-26-27-28-29-30(31)32/h2-29H2,1H3,(H,31,32). The molecule has 0 aliphatic carbocycles.